The van der Waals surface area contributed by atoms with Crippen molar-refractivity contribution in [2.45, 2.75) is 26.4 Å². The molecule has 2 aromatic heterocycles. The molecule has 0 aliphatic carbocycles. The van der Waals surface area contributed by atoms with E-state index >= 15 is 0 Å². The number of anilines is 2. The number of nitrogens with two attached hydrogens (primary N) is 1. The zero-order valence-corrected chi connectivity index (χ0v) is 12.3. The van der Waals surface area contributed by atoms with Crippen molar-refractivity contribution in [2.75, 3.05) is 11.1 Å². The maximum absolute atomic E-state index is 12.2. The Bertz CT molecular complexity index is 756. The van der Waals surface area contributed by atoms with Gasteiger partial charge in [-0.15, -0.1) is 10.2 Å². The highest BCUT2D eigenvalue weighted by atomic mass is 16.2. The molecule has 0 atom stereocenters. The fourth-order valence-electron chi connectivity index (χ4n) is 2.02. The van der Waals surface area contributed by atoms with Crippen LogP contribution in [0.5, 0.6) is 0 Å². The molecule has 9 nitrogen and oxygen atoms in total. The van der Waals surface area contributed by atoms with E-state index in [9.17, 15) is 9.59 Å². The summed E-state index contributed by atoms with van der Waals surface area (Å²) in [5.74, 6) is 0.803. The number of hydrogen-bond acceptors (Lipinski definition) is 6. The molecule has 0 spiro atoms. The van der Waals surface area contributed by atoms with E-state index in [0.29, 0.717) is 18.9 Å². The summed E-state index contributed by atoms with van der Waals surface area (Å²) in [5.41, 5.74) is 5.30. The van der Waals surface area contributed by atoms with Crippen molar-refractivity contribution in [3.63, 3.8) is 0 Å². The van der Waals surface area contributed by atoms with E-state index < -0.39 is 11.2 Å². The van der Waals surface area contributed by atoms with E-state index in [0.717, 1.165) is 11.0 Å². The highest BCUT2D eigenvalue weighted by Crippen LogP contribution is 2.12. The van der Waals surface area contributed by atoms with Crippen LogP contribution in [0.3, 0.4) is 0 Å². The average molecular weight is 293 g/mol. The van der Waals surface area contributed by atoms with Gasteiger partial charge >= 0.3 is 5.69 Å². The van der Waals surface area contributed by atoms with Gasteiger partial charge in [-0.2, -0.15) is 0 Å². The molecule has 0 bridgehead atoms. The van der Waals surface area contributed by atoms with E-state index in [-0.39, 0.29) is 11.5 Å². The standard InChI is InChI=1S/C12H19N7O2/c1-4-5-19-10(13)9(11(20)18(3)12(19)21)14-6-8-16-15-7-17(8)2/h7,14H,4-6,13H2,1-3H3. The van der Waals surface area contributed by atoms with Crippen LogP contribution in [0.4, 0.5) is 11.5 Å². The molecule has 0 aliphatic rings. The Morgan fingerprint density at radius 3 is 2.62 bits per heavy atom. The fourth-order valence-corrected chi connectivity index (χ4v) is 2.02. The van der Waals surface area contributed by atoms with E-state index in [2.05, 4.69) is 15.5 Å². The number of nitrogens with zero attached hydrogens (tertiary/aromatic N) is 5. The first kappa shape index (κ1) is 14.8. The minimum absolute atomic E-state index is 0.145. The predicted octanol–water partition coefficient (Wildman–Crippen LogP) is -0.720. The Balaban J connectivity index is 2.41. The predicted molar refractivity (Wildman–Crippen MR) is 79.0 cm³/mol. The smallest absolute Gasteiger partial charge is 0.332 e. The molecule has 0 saturated carbocycles. The van der Waals surface area contributed by atoms with Gasteiger partial charge < -0.3 is 15.6 Å². The van der Waals surface area contributed by atoms with Gasteiger partial charge in [0.1, 0.15) is 17.8 Å². The Kier molecular flexibility index (Phi) is 4.10. The van der Waals surface area contributed by atoms with Gasteiger partial charge in [-0.25, -0.2) is 4.79 Å². The van der Waals surface area contributed by atoms with Crippen LogP contribution in [0, 0.1) is 0 Å². The molecule has 114 valence electrons. The van der Waals surface area contributed by atoms with Crippen molar-refractivity contribution >= 4 is 11.5 Å². The third-order valence-electron chi connectivity index (χ3n) is 3.26. The Labute approximate surface area is 121 Å². The topological polar surface area (TPSA) is 113 Å². The van der Waals surface area contributed by atoms with Crippen molar-refractivity contribution < 1.29 is 0 Å². The van der Waals surface area contributed by atoms with Gasteiger partial charge in [0.25, 0.3) is 5.56 Å². The van der Waals surface area contributed by atoms with Crippen LogP contribution in [0.25, 0.3) is 0 Å². The lowest BCUT2D eigenvalue weighted by molar-refractivity contribution is 0.600. The molecule has 3 N–H and O–H groups in total. The quantitative estimate of drug-likeness (QED) is 0.752. The average Bonchev–Trinajstić information content (AvgIpc) is 2.87. The molecule has 0 aliphatic heterocycles. The zero-order valence-electron chi connectivity index (χ0n) is 12.3. The van der Waals surface area contributed by atoms with Crippen molar-refractivity contribution in [3.8, 4) is 0 Å². The number of aryl methyl sites for hydroxylation is 1. The van der Waals surface area contributed by atoms with Gasteiger partial charge in [0, 0.05) is 20.6 Å². The monoisotopic (exact) mass is 293 g/mol. The van der Waals surface area contributed by atoms with E-state index in [1.807, 2.05) is 6.92 Å². The first-order valence-corrected chi connectivity index (χ1v) is 6.63. The second-order valence-electron chi connectivity index (χ2n) is 4.77. The largest absolute Gasteiger partial charge is 0.383 e. The molecular weight excluding hydrogens is 274 g/mol. The van der Waals surface area contributed by atoms with Crippen LogP contribution in [-0.4, -0.2) is 23.9 Å². The van der Waals surface area contributed by atoms with E-state index in [1.54, 1.807) is 17.9 Å². The number of hydrogen-bond donors (Lipinski definition) is 2. The van der Waals surface area contributed by atoms with Gasteiger partial charge in [0.2, 0.25) is 0 Å². The maximum atomic E-state index is 12.2. The lowest BCUT2D eigenvalue weighted by Crippen LogP contribution is -2.40. The maximum Gasteiger partial charge on any atom is 0.332 e. The van der Waals surface area contributed by atoms with Gasteiger partial charge in [-0.3, -0.25) is 13.9 Å². The molecule has 0 radical (unpaired) electrons. The highest BCUT2D eigenvalue weighted by molar-refractivity contribution is 5.60. The molecule has 0 fully saturated rings. The van der Waals surface area contributed by atoms with Gasteiger partial charge in [-0.1, -0.05) is 6.92 Å². The van der Waals surface area contributed by atoms with Crippen molar-refractivity contribution in [2.24, 2.45) is 14.1 Å². The van der Waals surface area contributed by atoms with Crippen molar-refractivity contribution in [3.05, 3.63) is 33.0 Å². The summed E-state index contributed by atoms with van der Waals surface area (Å²) in [6.07, 6.45) is 2.31. The minimum atomic E-state index is -0.452. The summed E-state index contributed by atoms with van der Waals surface area (Å²) in [6.45, 7) is 2.68. The Hall–Kier alpha value is -2.58. The minimum Gasteiger partial charge on any atom is -0.383 e. The first-order valence-electron chi connectivity index (χ1n) is 6.63. The highest BCUT2D eigenvalue weighted by Gasteiger charge is 2.15. The summed E-state index contributed by atoms with van der Waals surface area (Å²) < 4.78 is 4.17. The summed E-state index contributed by atoms with van der Waals surface area (Å²) in [6, 6.07) is 0. The molecule has 0 unspecified atom stereocenters. The SMILES string of the molecule is CCCn1c(N)c(NCc2nncn2C)c(=O)n(C)c1=O. The third-order valence-corrected chi connectivity index (χ3v) is 3.26. The molecular formula is C12H19N7O2. The van der Waals surface area contributed by atoms with Crippen LogP contribution in [0.1, 0.15) is 19.2 Å². The lowest BCUT2D eigenvalue weighted by atomic mass is 10.4. The van der Waals surface area contributed by atoms with Crippen LogP contribution in [0.15, 0.2) is 15.9 Å². The van der Waals surface area contributed by atoms with Crippen molar-refractivity contribution in [1.82, 2.24) is 23.9 Å². The van der Waals surface area contributed by atoms with Crippen LogP contribution in [0.2, 0.25) is 0 Å². The first-order chi connectivity index (χ1) is 9.97. The Morgan fingerprint density at radius 2 is 2.05 bits per heavy atom. The number of aromatic nitrogens is 5. The Morgan fingerprint density at radius 1 is 1.33 bits per heavy atom. The number of rotatable bonds is 5. The van der Waals surface area contributed by atoms with Crippen LogP contribution >= 0.6 is 0 Å². The third kappa shape index (κ3) is 2.67. The molecule has 0 aromatic carbocycles. The summed E-state index contributed by atoms with van der Waals surface area (Å²) in [4.78, 5) is 24.2. The van der Waals surface area contributed by atoms with Gasteiger partial charge in [0.15, 0.2) is 5.82 Å². The van der Waals surface area contributed by atoms with Crippen LogP contribution in [-0.2, 0) is 27.2 Å². The molecule has 2 rings (SSSR count). The summed E-state index contributed by atoms with van der Waals surface area (Å²) in [7, 11) is 3.24. The molecule has 21 heavy (non-hydrogen) atoms. The fraction of sp³-hybridized carbons (Fsp3) is 0.500. The normalized spacial score (nSPS) is 10.8. The molecule has 0 amide bonds. The zero-order chi connectivity index (χ0) is 15.6. The molecule has 2 heterocycles. The van der Waals surface area contributed by atoms with Gasteiger partial charge in [0.05, 0.1) is 6.54 Å². The molecule has 9 heteroatoms. The van der Waals surface area contributed by atoms with Gasteiger partial charge in [-0.05, 0) is 6.42 Å². The van der Waals surface area contributed by atoms with E-state index in [4.69, 9.17) is 5.73 Å². The lowest BCUT2D eigenvalue weighted by Gasteiger charge is -2.15. The summed E-state index contributed by atoms with van der Waals surface area (Å²) >= 11 is 0. The van der Waals surface area contributed by atoms with Crippen LogP contribution < -0.4 is 22.3 Å². The number of nitrogen functional groups attached to an aromatic ring is 1. The van der Waals surface area contributed by atoms with E-state index in [1.165, 1.54) is 11.6 Å². The molecule has 0 saturated heterocycles. The number of nitrogens with one attached hydrogen (secondary N) is 1. The second kappa shape index (κ2) is 5.81. The molecule has 2 aromatic rings. The summed E-state index contributed by atoms with van der Waals surface area (Å²) in [5, 5.41) is 10.6. The van der Waals surface area contributed by atoms with Crippen molar-refractivity contribution in [1.29, 1.82) is 0 Å². The second-order valence-corrected chi connectivity index (χ2v) is 4.77.